The summed E-state index contributed by atoms with van der Waals surface area (Å²) in [6.07, 6.45) is 0.846. The summed E-state index contributed by atoms with van der Waals surface area (Å²) in [6, 6.07) is 26.0. The van der Waals surface area contributed by atoms with Crippen molar-refractivity contribution in [3.63, 3.8) is 0 Å². The first-order chi connectivity index (χ1) is 17.4. The maximum atomic E-state index is 12.9. The quantitative estimate of drug-likeness (QED) is 0.335. The molecule has 2 heterocycles. The van der Waals surface area contributed by atoms with Crippen molar-refractivity contribution in [1.29, 1.82) is 0 Å². The van der Waals surface area contributed by atoms with Crippen molar-refractivity contribution >= 4 is 5.78 Å². The molecule has 3 aromatic carbocycles. The topological polar surface area (TPSA) is 102 Å². The molecule has 0 aliphatic carbocycles. The minimum atomic E-state index is -0.308. The van der Waals surface area contributed by atoms with Gasteiger partial charge in [0.25, 0.3) is 0 Å². The Morgan fingerprint density at radius 2 is 1.56 bits per heavy atom. The number of aromatic amines is 1. The number of H-pyrrole nitrogens is 1. The summed E-state index contributed by atoms with van der Waals surface area (Å²) in [5.74, 6) is 1.49. The second-order valence-electron chi connectivity index (χ2n) is 9.67. The molecule has 36 heavy (non-hydrogen) atoms. The number of hydrogen-bond acceptors (Lipinski definition) is 6. The molecule has 8 nitrogen and oxygen atoms in total. The standard InChI is InChI=1S/C28H27N7O/c1-28(2,3)35-25(29-27(32-35)24(36)17-19-9-5-4-6-10-19)18-20-13-15-21(16-14-20)22-11-7-8-12-23(22)26-30-33-34-31-26/h4-16H,17-18H2,1-3H3,(H,30,31,33,34). The van der Waals surface area contributed by atoms with Crippen LogP contribution in [0.15, 0.2) is 78.9 Å². The number of hydrogen-bond donors (Lipinski definition) is 1. The van der Waals surface area contributed by atoms with E-state index in [1.807, 2.05) is 59.3 Å². The molecule has 0 spiro atoms. The predicted molar refractivity (Wildman–Crippen MR) is 137 cm³/mol. The number of carbonyl (C=O) groups excluding carboxylic acids is 1. The molecule has 1 N–H and O–H groups in total. The lowest BCUT2D eigenvalue weighted by molar-refractivity contribution is 0.0982. The average molecular weight is 478 g/mol. The molecule has 0 aliphatic heterocycles. The van der Waals surface area contributed by atoms with Crippen molar-refractivity contribution in [1.82, 2.24) is 35.4 Å². The van der Waals surface area contributed by atoms with Crippen LogP contribution in [-0.2, 0) is 18.4 Å². The Morgan fingerprint density at radius 3 is 2.22 bits per heavy atom. The van der Waals surface area contributed by atoms with Crippen molar-refractivity contribution in [2.24, 2.45) is 0 Å². The average Bonchev–Trinajstić information content (AvgIpc) is 3.56. The van der Waals surface area contributed by atoms with Crippen molar-refractivity contribution in [2.45, 2.75) is 39.2 Å². The second kappa shape index (κ2) is 9.65. The summed E-state index contributed by atoms with van der Waals surface area (Å²) in [5.41, 5.74) is 4.71. The summed E-state index contributed by atoms with van der Waals surface area (Å²) >= 11 is 0. The highest BCUT2D eigenvalue weighted by Crippen LogP contribution is 2.30. The van der Waals surface area contributed by atoms with Crippen LogP contribution < -0.4 is 0 Å². The highest BCUT2D eigenvalue weighted by molar-refractivity contribution is 5.94. The molecular weight excluding hydrogens is 450 g/mol. The molecule has 0 saturated carbocycles. The molecule has 5 rings (SSSR count). The highest BCUT2D eigenvalue weighted by atomic mass is 16.1. The van der Waals surface area contributed by atoms with E-state index in [-0.39, 0.29) is 23.6 Å². The van der Waals surface area contributed by atoms with E-state index in [4.69, 9.17) is 0 Å². The van der Waals surface area contributed by atoms with Gasteiger partial charge in [-0.25, -0.2) is 9.67 Å². The van der Waals surface area contributed by atoms with Crippen LogP contribution in [0.5, 0.6) is 0 Å². The Hall–Kier alpha value is -4.46. The van der Waals surface area contributed by atoms with Gasteiger partial charge in [-0.05, 0) is 48.2 Å². The van der Waals surface area contributed by atoms with Crippen LogP contribution in [0.1, 0.15) is 48.3 Å². The van der Waals surface area contributed by atoms with E-state index in [1.54, 1.807) is 0 Å². The van der Waals surface area contributed by atoms with Gasteiger partial charge in [-0.2, -0.15) is 5.21 Å². The molecule has 0 saturated heterocycles. The minimum absolute atomic E-state index is 0.0844. The molecule has 0 radical (unpaired) electrons. The van der Waals surface area contributed by atoms with Gasteiger partial charge >= 0.3 is 0 Å². The lowest BCUT2D eigenvalue weighted by Crippen LogP contribution is -2.26. The van der Waals surface area contributed by atoms with E-state index in [1.165, 1.54) is 0 Å². The highest BCUT2D eigenvalue weighted by Gasteiger charge is 2.24. The monoisotopic (exact) mass is 477 g/mol. The number of nitrogens with zero attached hydrogens (tertiary/aromatic N) is 6. The van der Waals surface area contributed by atoms with Gasteiger partial charge in [0, 0.05) is 18.4 Å². The Balaban J connectivity index is 1.40. The first-order valence-corrected chi connectivity index (χ1v) is 11.8. The fourth-order valence-corrected chi connectivity index (χ4v) is 4.16. The van der Waals surface area contributed by atoms with Crippen LogP contribution >= 0.6 is 0 Å². The molecule has 0 unspecified atom stereocenters. The van der Waals surface area contributed by atoms with Gasteiger partial charge in [0.2, 0.25) is 17.4 Å². The summed E-state index contributed by atoms with van der Waals surface area (Å²) in [4.78, 5) is 17.6. The van der Waals surface area contributed by atoms with Gasteiger partial charge in [-0.3, -0.25) is 4.79 Å². The summed E-state index contributed by atoms with van der Waals surface area (Å²) in [5, 5.41) is 19.1. The van der Waals surface area contributed by atoms with Gasteiger partial charge in [0.1, 0.15) is 5.82 Å². The minimum Gasteiger partial charge on any atom is -0.290 e. The molecule has 0 bridgehead atoms. The van der Waals surface area contributed by atoms with E-state index in [9.17, 15) is 4.79 Å². The molecule has 0 fully saturated rings. The second-order valence-corrected chi connectivity index (χ2v) is 9.67. The molecule has 0 aliphatic rings. The number of aromatic nitrogens is 7. The van der Waals surface area contributed by atoms with Crippen LogP contribution in [0.25, 0.3) is 22.5 Å². The Bertz CT molecular complexity index is 1460. The molecule has 0 atom stereocenters. The zero-order valence-electron chi connectivity index (χ0n) is 20.5. The fraction of sp³-hybridized carbons (Fsp3) is 0.214. The zero-order chi connectivity index (χ0) is 25.1. The van der Waals surface area contributed by atoms with E-state index < -0.39 is 0 Å². The maximum Gasteiger partial charge on any atom is 0.217 e. The number of tetrazole rings is 1. The van der Waals surface area contributed by atoms with Gasteiger partial charge in [0.05, 0.1) is 5.54 Å². The van der Waals surface area contributed by atoms with Gasteiger partial charge in [0.15, 0.2) is 0 Å². The summed E-state index contributed by atoms with van der Waals surface area (Å²) < 4.78 is 1.87. The van der Waals surface area contributed by atoms with E-state index in [2.05, 4.69) is 75.7 Å². The van der Waals surface area contributed by atoms with Crippen LogP contribution in [-0.4, -0.2) is 41.2 Å². The Labute approximate surface area is 209 Å². The van der Waals surface area contributed by atoms with Gasteiger partial charge in [-0.15, -0.1) is 15.3 Å². The Morgan fingerprint density at radius 1 is 0.861 bits per heavy atom. The lowest BCUT2D eigenvalue weighted by Gasteiger charge is -2.21. The van der Waals surface area contributed by atoms with Crippen molar-refractivity contribution in [3.05, 3.63) is 102 Å². The predicted octanol–water partition coefficient (Wildman–Crippen LogP) is 4.90. The normalized spacial score (nSPS) is 11.5. The molecule has 2 aromatic heterocycles. The van der Waals surface area contributed by atoms with Crippen molar-refractivity contribution in [3.8, 4) is 22.5 Å². The number of rotatable bonds is 7. The number of benzene rings is 3. The zero-order valence-corrected chi connectivity index (χ0v) is 20.5. The van der Waals surface area contributed by atoms with Crippen molar-refractivity contribution < 1.29 is 4.79 Å². The summed E-state index contributed by atoms with van der Waals surface area (Å²) in [6.45, 7) is 6.19. The van der Waals surface area contributed by atoms with Crippen LogP contribution in [0.2, 0.25) is 0 Å². The third kappa shape index (κ3) is 4.98. The van der Waals surface area contributed by atoms with E-state index >= 15 is 0 Å². The first-order valence-electron chi connectivity index (χ1n) is 11.8. The van der Waals surface area contributed by atoms with E-state index in [0.717, 1.165) is 33.6 Å². The molecule has 180 valence electrons. The molecule has 8 heteroatoms. The van der Waals surface area contributed by atoms with Crippen molar-refractivity contribution in [2.75, 3.05) is 0 Å². The fourth-order valence-electron chi connectivity index (χ4n) is 4.16. The smallest absolute Gasteiger partial charge is 0.217 e. The number of Topliss-reactive ketones (excluding diaryl/α,β-unsaturated/α-hetero) is 1. The largest absolute Gasteiger partial charge is 0.290 e. The van der Waals surface area contributed by atoms with Crippen LogP contribution in [0, 0.1) is 0 Å². The molecule has 0 amide bonds. The lowest BCUT2D eigenvalue weighted by atomic mass is 9.97. The maximum absolute atomic E-state index is 12.9. The van der Waals surface area contributed by atoms with Gasteiger partial charge in [-0.1, -0.05) is 78.9 Å². The Kier molecular flexibility index (Phi) is 6.25. The number of nitrogens with one attached hydrogen (secondary N) is 1. The number of carbonyl (C=O) groups is 1. The van der Waals surface area contributed by atoms with E-state index in [0.29, 0.717) is 12.2 Å². The van der Waals surface area contributed by atoms with Crippen LogP contribution in [0.4, 0.5) is 0 Å². The SMILES string of the molecule is CC(C)(C)n1nc(C(=O)Cc2ccccc2)nc1Cc1ccc(-c2ccccc2-c2nn[nH]n2)cc1. The number of ketones is 1. The molecular formula is C28H27N7O. The molecule has 5 aromatic rings. The third-order valence-corrected chi connectivity index (χ3v) is 5.91. The van der Waals surface area contributed by atoms with Crippen LogP contribution in [0.3, 0.4) is 0 Å². The first kappa shape index (κ1) is 23.3. The van der Waals surface area contributed by atoms with Gasteiger partial charge < -0.3 is 0 Å². The summed E-state index contributed by atoms with van der Waals surface area (Å²) in [7, 11) is 0. The third-order valence-electron chi connectivity index (χ3n) is 5.91.